The van der Waals surface area contributed by atoms with Crippen molar-refractivity contribution in [2.45, 2.75) is 51.6 Å². The summed E-state index contributed by atoms with van der Waals surface area (Å²) >= 11 is 0. The molecule has 3 aromatic rings. The Bertz CT molecular complexity index is 898. The SMILES string of the molecule is CC(C)(C)c1cn2c(n1)CC[C@H](NC(=O)c1cn3ccccc3n1)C2. The average Bonchev–Trinajstić information content (AvgIpc) is 3.18. The number of amides is 1. The standard InChI is InChI=1S/C19H23N5O/c1-19(2,3)15-12-24-10-13(7-8-17(24)22-15)20-18(25)14-11-23-9-5-4-6-16(23)21-14/h4-6,9,11-13H,7-8,10H2,1-3H3,(H,20,25)/t13-/m0/s1. The van der Waals surface area contributed by atoms with Crippen LogP contribution in [0.25, 0.3) is 5.65 Å². The lowest BCUT2D eigenvalue weighted by atomic mass is 9.93. The van der Waals surface area contributed by atoms with E-state index in [-0.39, 0.29) is 17.4 Å². The van der Waals surface area contributed by atoms with Gasteiger partial charge in [0.2, 0.25) is 0 Å². The van der Waals surface area contributed by atoms with E-state index in [1.807, 2.05) is 28.8 Å². The minimum Gasteiger partial charge on any atom is -0.346 e. The average molecular weight is 337 g/mol. The minimum absolute atomic E-state index is 0.0413. The highest BCUT2D eigenvalue weighted by Gasteiger charge is 2.26. The zero-order valence-corrected chi connectivity index (χ0v) is 14.9. The Morgan fingerprint density at radius 2 is 2.08 bits per heavy atom. The van der Waals surface area contributed by atoms with Crippen molar-refractivity contribution in [2.75, 3.05) is 0 Å². The third-order valence-electron chi connectivity index (χ3n) is 4.69. The van der Waals surface area contributed by atoms with Crippen LogP contribution in [-0.2, 0) is 18.4 Å². The molecule has 0 bridgehead atoms. The topological polar surface area (TPSA) is 64.2 Å². The van der Waals surface area contributed by atoms with Gasteiger partial charge in [-0.3, -0.25) is 4.79 Å². The summed E-state index contributed by atoms with van der Waals surface area (Å²) in [6.45, 7) is 7.27. The zero-order chi connectivity index (χ0) is 17.6. The Morgan fingerprint density at radius 3 is 2.84 bits per heavy atom. The van der Waals surface area contributed by atoms with Crippen LogP contribution in [0, 0.1) is 0 Å². The van der Waals surface area contributed by atoms with Crippen molar-refractivity contribution in [3.05, 3.63) is 54.0 Å². The highest BCUT2D eigenvalue weighted by molar-refractivity contribution is 5.93. The van der Waals surface area contributed by atoms with Crippen LogP contribution in [-0.4, -0.2) is 30.9 Å². The van der Waals surface area contributed by atoms with Crippen LogP contribution < -0.4 is 5.32 Å². The molecule has 1 aliphatic heterocycles. The summed E-state index contributed by atoms with van der Waals surface area (Å²) in [6, 6.07) is 5.83. The molecule has 0 aromatic carbocycles. The molecule has 130 valence electrons. The number of fused-ring (bicyclic) bond motifs is 2. The van der Waals surface area contributed by atoms with Gasteiger partial charge in [-0.25, -0.2) is 9.97 Å². The lowest BCUT2D eigenvalue weighted by molar-refractivity contribution is 0.0923. The molecule has 4 heterocycles. The zero-order valence-electron chi connectivity index (χ0n) is 14.9. The number of aryl methyl sites for hydroxylation is 1. The first-order chi connectivity index (χ1) is 11.9. The molecule has 3 aromatic heterocycles. The third-order valence-corrected chi connectivity index (χ3v) is 4.69. The maximum Gasteiger partial charge on any atom is 0.271 e. The number of pyridine rings is 1. The Hall–Kier alpha value is -2.63. The number of imidazole rings is 2. The maximum atomic E-state index is 12.5. The second-order valence-corrected chi connectivity index (χ2v) is 7.75. The number of hydrogen-bond acceptors (Lipinski definition) is 3. The lowest BCUT2D eigenvalue weighted by Gasteiger charge is -2.24. The molecule has 0 fully saturated rings. The number of carbonyl (C=O) groups is 1. The van der Waals surface area contributed by atoms with Gasteiger partial charge in [-0.15, -0.1) is 0 Å². The summed E-state index contributed by atoms with van der Waals surface area (Å²) in [5.41, 5.74) is 2.38. The molecule has 1 amide bonds. The van der Waals surface area contributed by atoms with E-state index in [1.165, 1.54) is 0 Å². The van der Waals surface area contributed by atoms with Crippen molar-refractivity contribution < 1.29 is 4.79 Å². The van der Waals surface area contributed by atoms with Crippen molar-refractivity contribution >= 4 is 11.6 Å². The second kappa shape index (κ2) is 5.72. The fourth-order valence-corrected chi connectivity index (χ4v) is 3.23. The van der Waals surface area contributed by atoms with Gasteiger partial charge in [0.05, 0.1) is 5.69 Å². The first-order valence-corrected chi connectivity index (χ1v) is 8.71. The lowest BCUT2D eigenvalue weighted by Crippen LogP contribution is -2.41. The monoisotopic (exact) mass is 337 g/mol. The number of hydrogen-bond donors (Lipinski definition) is 1. The fourth-order valence-electron chi connectivity index (χ4n) is 3.23. The summed E-state index contributed by atoms with van der Waals surface area (Å²) in [5.74, 6) is 0.997. The normalized spacial score (nSPS) is 17.5. The van der Waals surface area contributed by atoms with E-state index in [2.05, 4.69) is 41.8 Å². The summed E-state index contributed by atoms with van der Waals surface area (Å²) in [5, 5.41) is 3.12. The maximum absolute atomic E-state index is 12.5. The number of rotatable bonds is 2. The van der Waals surface area contributed by atoms with E-state index in [9.17, 15) is 4.79 Å². The molecule has 1 atom stereocenters. The molecule has 0 spiro atoms. The van der Waals surface area contributed by atoms with Gasteiger partial charge in [0.15, 0.2) is 0 Å². The quantitative estimate of drug-likeness (QED) is 0.782. The summed E-state index contributed by atoms with van der Waals surface area (Å²) in [7, 11) is 0. The van der Waals surface area contributed by atoms with Gasteiger partial charge in [-0.1, -0.05) is 26.8 Å². The first-order valence-electron chi connectivity index (χ1n) is 8.71. The molecule has 1 N–H and O–H groups in total. The molecule has 0 radical (unpaired) electrons. The Morgan fingerprint density at radius 1 is 1.24 bits per heavy atom. The van der Waals surface area contributed by atoms with Gasteiger partial charge in [0.1, 0.15) is 17.2 Å². The van der Waals surface area contributed by atoms with Crippen LogP contribution in [0.15, 0.2) is 36.8 Å². The predicted molar refractivity (Wildman–Crippen MR) is 95.7 cm³/mol. The molecule has 1 aliphatic rings. The largest absolute Gasteiger partial charge is 0.346 e. The molecular formula is C19H23N5O. The van der Waals surface area contributed by atoms with Gasteiger partial charge in [-0.2, -0.15) is 0 Å². The van der Waals surface area contributed by atoms with Crippen LogP contribution in [0.5, 0.6) is 0 Å². The molecule has 6 nitrogen and oxygen atoms in total. The van der Waals surface area contributed by atoms with Crippen molar-refractivity contribution in [1.82, 2.24) is 24.3 Å². The van der Waals surface area contributed by atoms with Crippen LogP contribution >= 0.6 is 0 Å². The van der Waals surface area contributed by atoms with E-state index >= 15 is 0 Å². The van der Waals surface area contributed by atoms with Gasteiger partial charge in [0, 0.05) is 43.0 Å². The minimum atomic E-state index is -0.117. The van der Waals surface area contributed by atoms with Crippen LogP contribution in [0.3, 0.4) is 0 Å². The molecule has 25 heavy (non-hydrogen) atoms. The van der Waals surface area contributed by atoms with Crippen molar-refractivity contribution in [1.29, 1.82) is 0 Å². The molecule has 4 rings (SSSR count). The first kappa shape index (κ1) is 15.9. The Balaban J connectivity index is 1.48. The number of carbonyl (C=O) groups excluding carboxylic acids is 1. The van der Waals surface area contributed by atoms with Crippen LogP contribution in [0.1, 0.15) is 49.2 Å². The molecule has 0 aliphatic carbocycles. The van der Waals surface area contributed by atoms with Crippen LogP contribution in [0.4, 0.5) is 0 Å². The van der Waals surface area contributed by atoms with Gasteiger partial charge < -0.3 is 14.3 Å². The van der Waals surface area contributed by atoms with E-state index in [4.69, 9.17) is 4.98 Å². The van der Waals surface area contributed by atoms with E-state index in [0.29, 0.717) is 5.69 Å². The van der Waals surface area contributed by atoms with Crippen molar-refractivity contribution in [2.24, 2.45) is 0 Å². The number of nitrogens with one attached hydrogen (secondary N) is 1. The van der Waals surface area contributed by atoms with Crippen molar-refractivity contribution in [3.8, 4) is 0 Å². The van der Waals surface area contributed by atoms with Gasteiger partial charge in [-0.05, 0) is 18.6 Å². The Kier molecular flexibility index (Phi) is 3.63. The molecule has 0 unspecified atom stereocenters. The number of nitrogens with zero attached hydrogens (tertiary/aromatic N) is 4. The molecular weight excluding hydrogens is 314 g/mol. The summed E-state index contributed by atoms with van der Waals surface area (Å²) in [4.78, 5) is 21.7. The van der Waals surface area contributed by atoms with Crippen LogP contribution in [0.2, 0.25) is 0 Å². The highest BCUT2D eigenvalue weighted by atomic mass is 16.2. The smallest absolute Gasteiger partial charge is 0.271 e. The van der Waals surface area contributed by atoms with Crippen molar-refractivity contribution in [3.63, 3.8) is 0 Å². The molecule has 0 saturated heterocycles. The summed E-state index contributed by atoms with van der Waals surface area (Å²) in [6.07, 6.45) is 7.57. The van der Waals surface area contributed by atoms with Gasteiger partial charge in [0.25, 0.3) is 5.91 Å². The molecule has 6 heteroatoms. The van der Waals surface area contributed by atoms with E-state index in [0.717, 1.165) is 36.6 Å². The van der Waals surface area contributed by atoms with E-state index in [1.54, 1.807) is 6.20 Å². The third kappa shape index (κ3) is 3.04. The number of aromatic nitrogens is 4. The fraction of sp³-hybridized carbons (Fsp3) is 0.421. The van der Waals surface area contributed by atoms with Gasteiger partial charge >= 0.3 is 0 Å². The molecule has 0 saturated carbocycles. The summed E-state index contributed by atoms with van der Waals surface area (Å²) < 4.78 is 4.04. The Labute approximate surface area is 146 Å². The highest BCUT2D eigenvalue weighted by Crippen LogP contribution is 2.24. The second-order valence-electron chi connectivity index (χ2n) is 7.75. The van der Waals surface area contributed by atoms with E-state index < -0.39 is 0 Å². The predicted octanol–water partition coefficient (Wildman–Crippen LogP) is 2.57.